The Morgan fingerprint density at radius 1 is 1.40 bits per heavy atom. The summed E-state index contributed by atoms with van der Waals surface area (Å²) in [5, 5.41) is 7.55. The number of benzene rings is 1. The van der Waals surface area contributed by atoms with Crippen LogP contribution in [-0.4, -0.2) is 27.5 Å². The Hall–Kier alpha value is -1.64. The minimum absolute atomic E-state index is 0.0103. The molecule has 1 aromatic carbocycles. The van der Waals surface area contributed by atoms with Crippen LogP contribution in [0.3, 0.4) is 0 Å². The van der Waals surface area contributed by atoms with Crippen LogP contribution in [-0.2, 0) is 19.7 Å². The van der Waals surface area contributed by atoms with E-state index < -0.39 is 10.2 Å². The second-order valence-corrected chi connectivity index (χ2v) is 5.66. The Morgan fingerprint density at radius 2 is 2.05 bits per heavy atom. The maximum absolute atomic E-state index is 11.7. The fraction of sp³-hybridized carbons (Fsp3) is 0.417. The highest BCUT2D eigenvalue weighted by molar-refractivity contribution is 7.90. The predicted molar refractivity (Wildman–Crippen MR) is 77.5 cm³/mol. The lowest BCUT2D eigenvalue weighted by Gasteiger charge is -2.10. The van der Waals surface area contributed by atoms with E-state index in [1.165, 1.54) is 12.1 Å². The zero-order valence-corrected chi connectivity index (χ0v) is 12.2. The molecule has 0 aliphatic rings. The highest BCUT2D eigenvalue weighted by atomic mass is 32.2. The first-order valence-electron chi connectivity index (χ1n) is 6.03. The molecule has 20 heavy (non-hydrogen) atoms. The predicted octanol–water partition coefficient (Wildman–Crippen LogP) is 1.06. The Bertz CT molecular complexity index is 560. The zero-order valence-electron chi connectivity index (χ0n) is 11.4. The number of nitrogens with one attached hydrogen (secondary N) is 2. The second kappa shape index (κ2) is 7.22. The van der Waals surface area contributed by atoms with E-state index in [-0.39, 0.29) is 17.7 Å². The summed E-state index contributed by atoms with van der Waals surface area (Å²) in [4.78, 5) is 11.7. The van der Waals surface area contributed by atoms with Gasteiger partial charge in [0.15, 0.2) is 0 Å². The van der Waals surface area contributed by atoms with E-state index in [9.17, 15) is 13.2 Å². The van der Waals surface area contributed by atoms with Crippen molar-refractivity contribution in [3.05, 3.63) is 24.3 Å². The molecule has 1 amide bonds. The van der Waals surface area contributed by atoms with Gasteiger partial charge >= 0.3 is 0 Å². The molecule has 8 heteroatoms. The van der Waals surface area contributed by atoms with Gasteiger partial charge in [-0.05, 0) is 31.5 Å². The molecule has 0 bridgehead atoms. The Kier molecular flexibility index (Phi) is 5.93. The Morgan fingerprint density at radius 3 is 2.65 bits per heavy atom. The second-order valence-electron chi connectivity index (χ2n) is 4.36. The van der Waals surface area contributed by atoms with Gasteiger partial charge in [0, 0.05) is 19.2 Å². The van der Waals surface area contributed by atoms with E-state index in [4.69, 9.17) is 9.88 Å². The average Bonchev–Trinajstić information content (AvgIpc) is 2.34. The van der Waals surface area contributed by atoms with Gasteiger partial charge in [0.05, 0.1) is 11.8 Å². The van der Waals surface area contributed by atoms with Gasteiger partial charge in [0.2, 0.25) is 5.91 Å². The van der Waals surface area contributed by atoms with Crippen LogP contribution in [0.2, 0.25) is 0 Å². The molecule has 0 aliphatic heterocycles. The van der Waals surface area contributed by atoms with Gasteiger partial charge in [-0.3, -0.25) is 9.52 Å². The summed E-state index contributed by atoms with van der Waals surface area (Å²) in [5.74, 6) is -0.165. The summed E-state index contributed by atoms with van der Waals surface area (Å²) < 4.78 is 29.0. The van der Waals surface area contributed by atoms with E-state index in [2.05, 4.69) is 10.0 Å². The molecular formula is C12H19N3O4S. The van der Waals surface area contributed by atoms with Crippen molar-refractivity contribution in [1.29, 1.82) is 0 Å². The van der Waals surface area contributed by atoms with Crippen molar-refractivity contribution in [2.24, 2.45) is 5.14 Å². The number of ether oxygens (including phenoxy) is 1. The van der Waals surface area contributed by atoms with E-state index >= 15 is 0 Å². The van der Waals surface area contributed by atoms with E-state index in [0.717, 1.165) is 0 Å². The van der Waals surface area contributed by atoms with Gasteiger partial charge in [-0.25, -0.2) is 5.14 Å². The summed E-state index contributed by atoms with van der Waals surface area (Å²) in [5.41, 5.74) is 0.782. The van der Waals surface area contributed by atoms with Crippen LogP contribution in [0, 0.1) is 0 Å². The van der Waals surface area contributed by atoms with Crippen molar-refractivity contribution in [3.8, 4) is 0 Å². The van der Waals surface area contributed by atoms with Gasteiger partial charge in [-0.15, -0.1) is 0 Å². The van der Waals surface area contributed by atoms with Gasteiger partial charge in [-0.1, -0.05) is 6.07 Å². The number of rotatable bonds is 7. The number of hydrogen-bond acceptors (Lipinski definition) is 4. The first-order valence-corrected chi connectivity index (χ1v) is 7.58. The minimum Gasteiger partial charge on any atom is -0.382 e. The first-order chi connectivity index (χ1) is 9.30. The standard InChI is InChI=1S/C12H19N3O4S/c1-9(19-2)6-7-12(16)14-10-4-3-5-11(8-10)15-20(13,17)18/h3-5,8-9,15H,6-7H2,1-2H3,(H,14,16)(H2,13,17,18). The van der Waals surface area contributed by atoms with Crippen molar-refractivity contribution in [3.63, 3.8) is 0 Å². The highest BCUT2D eigenvalue weighted by Gasteiger charge is 2.07. The lowest BCUT2D eigenvalue weighted by Crippen LogP contribution is -2.21. The van der Waals surface area contributed by atoms with E-state index in [1.807, 2.05) is 6.92 Å². The van der Waals surface area contributed by atoms with Gasteiger partial charge in [0.25, 0.3) is 10.2 Å². The third-order valence-corrected chi connectivity index (χ3v) is 3.11. The number of amides is 1. The molecule has 1 aromatic rings. The molecule has 4 N–H and O–H groups in total. The molecule has 1 unspecified atom stereocenters. The first kappa shape index (κ1) is 16.4. The minimum atomic E-state index is -3.83. The molecule has 0 heterocycles. The average molecular weight is 301 g/mol. The van der Waals surface area contributed by atoms with Crippen LogP contribution in [0.1, 0.15) is 19.8 Å². The van der Waals surface area contributed by atoms with E-state index in [1.54, 1.807) is 19.2 Å². The van der Waals surface area contributed by atoms with Crippen LogP contribution in [0.4, 0.5) is 11.4 Å². The number of nitrogens with two attached hydrogens (primary N) is 1. The lowest BCUT2D eigenvalue weighted by molar-refractivity contribution is -0.116. The maximum Gasteiger partial charge on any atom is 0.296 e. The van der Waals surface area contributed by atoms with Gasteiger partial charge in [-0.2, -0.15) is 8.42 Å². The number of carbonyl (C=O) groups is 1. The molecule has 7 nitrogen and oxygen atoms in total. The summed E-state index contributed by atoms with van der Waals surface area (Å²) in [7, 11) is -2.24. The van der Waals surface area contributed by atoms with Gasteiger partial charge in [0.1, 0.15) is 0 Å². The summed E-state index contributed by atoms with van der Waals surface area (Å²) in [6.45, 7) is 1.88. The number of methoxy groups -OCH3 is 1. The SMILES string of the molecule is COC(C)CCC(=O)Nc1cccc(NS(N)(=O)=O)c1. The molecule has 1 rings (SSSR count). The van der Waals surface area contributed by atoms with Crippen molar-refractivity contribution in [2.45, 2.75) is 25.9 Å². The van der Waals surface area contributed by atoms with Crippen LogP contribution in [0.25, 0.3) is 0 Å². The van der Waals surface area contributed by atoms with Crippen LogP contribution in [0.5, 0.6) is 0 Å². The highest BCUT2D eigenvalue weighted by Crippen LogP contribution is 2.16. The van der Waals surface area contributed by atoms with Crippen molar-refractivity contribution in [2.75, 3.05) is 17.1 Å². The number of anilines is 2. The monoisotopic (exact) mass is 301 g/mol. The quantitative estimate of drug-likeness (QED) is 0.699. The van der Waals surface area contributed by atoms with Crippen molar-refractivity contribution < 1.29 is 17.9 Å². The smallest absolute Gasteiger partial charge is 0.296 e. The fourth-order valence-electron chi connectivity index (χ4n) is 1.50. The van der Waals surface area contributed by atoms with E-state index in [0.29, 0.717) is 18.5 Å². The molecule has 0 aromatic heterocycles. The molecule has 0 spiro atoms. The number of carbonyl (C=O) groups excluding carboxylic acids is 1. The summed E-state index contributed by atoms with van der Waals surface area (Å²) >= 11 is 0. The molecule has 0 saturated heterocycles. The Labute approximate surface area is 118 Å². The summed E-state index contributed by atoms with van der Waals surface area (Å²) in [6, 6.07) is 6.29. The Balaban J connectivity index is 2.60. The fourth-order valence-corrected chi connectivity index (χ4v) is 1.96. The summed E-state index contributed by atoms with van der Waals surface area (Å²) in [6.07, 6.45) is 0.940. The third kappa shape index (κ3) is 6.50. The maximum atomic E-state index is 11.7. The molecule has 0 fully saturated rings. The normalized spacial score (nSPS) is 12.8. The molecule has 1 atom stereocenters. The lowest BCUT2D eigenvalue weighted by atomic mass is 10.2. The zero-order chi connectivity index (χ0) is 15.2. The van der Waals surface area contributed by atoms with Crippen LogP contribution in [0.15, 0.2) is 24.3 Å². The van der Waals surface area contributed by atoms with Gasteiger partial charge < -0.3 is 10.1 Å². The molecular weight excluding hydrogens is 282 g/mol. The molecule has 0 radical (unpaired) electrons. The number of hydrogen-bond donors (Lipinski definition) is 3. The van der Waals surface area contributed by atoms with Crippen LogP contribution >= 0.6 is 0 Å². The molecule has 112 valence electrons. The third-order valence-electron chi connectivity index (χ3n) is 2.59. The van der Waals surface area contributed by atoms with Crippen LogP contribution < -0.4 is 15.2 Å². The molecule has 0 aliphatic carbocycles. The van der Waals surface area contributed by atoms with Crippen molar-refractivity contribution >= 4 is 27.5 Å². The largest absolute Gasteiger partial charge is 0.382 e. The molecule has 0 saturated carbocycles. The van der Waals surface area contributed by atoms with Crippen molar-refractivity contribution in [1.82, 2.24) is 0 Å². The topological polar surface area (TPSA) is 111 Å².